The third-order valence-electron chi connectivity index (χ3n) is 5.03. The lowest BCUT2D eigenvalue weighted by atomic mass is 9.84. The molecule has 0 atom stereocenters. The van der Waals surface area contributed by atoms with Crippen molar-refractivity contribution in [1.29, 1.82) is 0 Å². The average molecular weight is 322 g/mol. The molecule has 0 bridgehead atoms. The van der Waals surface area contributed by atoms with Crippen molar-refractivity contribution in [2.45, 2.75) is 32.3 Å². The van der Waals surface area contributed by atoms with Crippen LogP contribution in [0.4, 0.5) is 0 Å². The smallest absolute Gasteiger partial charge is 0.255 e. The van der Waals surface area contributed by atoms with Gasteiger partial charge in [0.05, 0.1) is 17.5 Å². The Morgan fingerprint density at radius 1 is 1.21 bits per heavy atom. The summed E-state index contributed by atoms with van der Waals surface area (Å²) in [4.78, 5) is 19.2. The fourth-order valence-corrected chi connectivity index (χ4v) is 3.35. The molecule has 2 aromatic rings. The van der Waals surface area contributed by atoms with Gasteiger partial charge in [0.15, 0.2) is 0 Å². The first kappa shape index (κ1) is 15.2. The third kappa shape index (κ3) is 3.14. The molecule has 2 aliphatic rings. The minimum Gasteiger partial charge on any atom is -0.487 e. The summed E-state index contributed by atoms with van der Waals surface area (Å²) in [6.07, 6.45) is 6.40. The van der Waals surface area contributed by atoms with E-state index in [2.05, 4.69) is 4.98 Å². The van der Waals surface area contributed by atoms with E-state index in [-0.39, 0.29) is 5.91 Å². The molecule has 4 rings (SSSR count). The predicted molar refractivity (Wildman–Crippen MR) is 92.0 cm³/mol. The second-order valence-electron chi connectivity index (χ2n) is 6.74. The highest BCUT2D eigenvalue weighted by Crippen LogP contribution is 2.29. The highest BCUT2D eigenvalue weighted by atomic mass is 16.5. The monoisotopic (exact) mass is 322 g/mol. The number of rotatable bonds is 5. The molecule has 0 spiro atoms. The molecule has 2 heterocycles. The van der Waals surface area contributed by atoms with Crippen molar-refractivity contribution in [3.8, 4) is 5.75 Å². The van der Waals surface area contributed by atoms with Crippen LogP contribution >= 0.6 is 0 Å². The standard InChI is InChI=1S/C20H22N2O2/c23-20-18-11-17(24-14-16-5-2-1-3-6-16)12-21-19(18)9-10-22(20)13-15-7-4-8-15/h1-3,5-6,11-12,15H,4,7-10,13-14H2. The van der Waals surface area contributed by atoms with Crippen molar-refractivity contribution < 1.29 is 9.53 Å². The van der Waals surface area contributed by atoms with Crippen molar-refractivity contribution in [2.24, 2.45) is 5.92 Å². The molecule has 0 N–H and O–H groups in total. The van der Waals surface area contributed by atoms with E-state index in [1.807, 2.05) is 41.3 Å². The largest absolute Gasteiger partial charge is 0.487 e. The molecule has 124 valence electrons. The van der Waals surface area contributed by atoms with Gasteiger partial charge in [-0.1, -0.05) is 36.8 Å². The van der Waals surface area contributed by atoms with E-state index in [0.717, 1.165) is 30.8 Å². The number of aromatic nitrogens is 1. The zero-order valence-corrected chi connectivity index (χ0v) is 13.8. The number of benzene rings is 1. The molecule has 1 aromatic heterocycles. The van der Waals surface area contributed by atoms with E-state index < -0.39 is 0 Å². The number of carbonyl (C=O) groups is 1. The summed E-state index contributed by atoms with van der Waals surface area (Å²) in [6.45, 7) is 2.17. The molecule has 1 fully saturated rings. The number of hydrogen-bond donors (Lipinski definition) is 0. The molecule has 0 saturated heterocycles. The van der Waals surface area contributed by atoms with Crippen molar-refractivity contribution in [2.75, 3.05) is 13.1 Å². The minimum absolute atomic E-state index is 0.112. The first-order valence-corrected chi connectivity index (χ1v) is 8.74. The molecule has 1 aliphatic heterocycles. The van der Waals surface area contributed by atoms with E-state index >= 15 is 0 Å². The molecule has 0 unspecified atom stereocenters. The summed E-state index contributed by atoms with van der Waals surface area (Å²) < 4.78 is 5.82. The zero-order chi connectivity index (χ0) is 16.4. The highest BCUT2D eigenvalue weighted by molar-refractivity contribution is 5.96. The normalized spacial score (nSPS) is 17.3. The van der Waals surface area contributed by atoms with Gasteiger partial charge in [0.1, 0.15) is 12.4 Å². The van der Waals surface area contributed by atoms with E-state index in [9.17, 15) is 4.79 Å². The molecular formula is C20H22N2O2. The summed E-state index contributed by atoms with van der Waals surface area (Å²) in [5, 5.41) is 0. The van der Waals surface area contributed by atoms with Crippen LogP contribution in [-0.4, -0.2) is 28.9 Å². The molecule has 1 saturated carbocycles. The van der Waals surface area contributed by atoms with Crippen LogP contribution in [0.1, 0.15) is 40.9 Å². The molecule has 24 heavy (non-hydrogen) atoms. The lowest BCUT2D eigenvalue weighted by Crippen LogP contribution is -2.42. The van der Waals surface area contributed by atoms with Crippen LogP contribution < -0.4 is 4.74 Å². The molecule has 0 radical (unpaired) electrons. The van der Waals surface area contributed by atoms with Gasteiger partial charge >= 0.3 is 0 Å². The lowest BCUT2D eigenvalue weighted by molar-refractivity contribution is 0.0675. The van der Waals surface area contributed by atoms with E-state index in [0.29, 0.717) is 23.8 Å². The van der Waals surface area contributed by atoms with Gasteiger partial charge in [-0.2, -0.15) is 0 Å². The van der Waals surface area contributed by atoms with E-state index in [4.69, 9.17) is 4.74 Å². The van der Waals surface area contributed by atoms with Gasteiger partial charge in [0, 0.05) is 19.5 Å². The maximum absolute atomic E-state index is 12.7. The van der Waals surface area contributed by atoms with Gasteiger partial charge in [0.2, 0.25) is 0 Å². The number of ether oxygens (including phenoxy) is 1. The van der Waals surface area contributed by atoms with Crippen LogP contribution in [0.5, 0.6) is 5.75 Å². The number of fused-ring (bicyclic) bond motifs is 1. The first-order valence-electron chi connectivity index (χ1n) is 8.74. The molecular weight excluding hydrogens is 300 g/mol. The Kier molecular flexibility index (Phi) is 4.20. The first-order chi connectivity index (χ1) is 11.8. The van der Waals surface area contributed by atoms with Crippen molar-refractivity contribution in [1.82, 2.24) is 9.88 Å². The summed E-state index contributed by atoms with van der Waals surface area (Å²) in [7, 11) is 0. The van der Waals surface area contributed by atoms with Crippen LogP contribution in [0.2, 0.25) is 0 Å². The fourth-order valence-electron chi connectivity index (χ4n) is 3.35. The minimum atomic E-state index is 0.112. The van der Waals surface area contributed by atoms with Crippen molar-refractivity contribution >= 4 is 5.91 Å². The Balaban J connectivity index is 1.46. The number of pyridine rings is 1. The van der Waals surface area contributed by atoms with Crippen LogP contribution in [-0.2, 0) is 13.0 Å². The Morgan fingerprint density at radius 3 is 2.79 bits per heavy atom. The quantitative estimate of drug-likeness (QED) is 0.846. The van der Waals surface area contributed by atoms with Crippen LogP contribution in [0.25, 0.3) is 0 Å². The van der Waals surface area contributed by atoms with Gasteiger partial charge < -0.3 is 9.64 Å². The number of carbonyl (C=O) groups excluding carboxylic acids is 1. The summed E-state index contributed by atoms with van der Waals surface area (Å²) in [5.74, 6) is 1.47. The van der Waals surface area contributed by atoms with Crippen molar-refractivity contribution in [3.05, 3.63) is 59.4 Å². The maximum atomic E-state index is 12.7. The second kappa shape index (κ2) is 6.63. The highest BCUT2D eigenvalue weighted by Gasteiger charge is 2.29. The Morgan fingerprint density at radius 2 is 2.04 bits per heavy atom. The summed E-state index contributed by atoms with van der Waals surface area (Å²) >= 11 is 0. The Bertz CT molecular complexity index is 726. The number of amides is 1. The molecule has 4 nitrogen and oxygen atoms in total. The van der Waals surface area contributed by atoms with E-state index in [1.54, 1.807) is 6.20 Å². The average Bonchev–Trinajstić information content (AvgIpc) is 2.59. The van der Waals surface area contributed by atoms with Gasteiger partial charge in [0.25, 0.3) is 5.91 Å². The molecule has 1 aromatic carbocycles. The molecule has 4 heteroatoms. The van der Waals surface area contributed by atoms with Crippen LogP contribution in [0.3, 0.4) is 0 Å². The van der Waals surface area contributed by atoms with Gasteiger partial charge in [-0.15, -0.1) is 0 Å². The third-order valence-corrected chi connectivity index (χ3v) is 5.03. The zero-order valence-electron chi connectivity index (χ0n) is 13.8. The lowest BCUT2D eigenvalue weighted by Gasteiger charge is -2.34. The molecule has 1 aliphatic carbocycles. The van der Waals surface area contributed by atoms with Crippen LogP contribution in [0, 0.1) is 5.92 Å². The maximum Gasteiger partial charge on any atom is 0.255 e. The van der Waals surface area contributed by atoms with Crippen molar-refractivity contribution in [3.63, 3.8) is 0 Å². The number of nitrogens with zero attached hydrogens (tertiary/aromatic N) is 2. The van der Waals surface area contributed by atoms with Gasteiger partial charge in [-0.25, -0.2) is 0 Å². The number of hydrogen-bond acceptors (Lipinski definition) is 3. The molecule has 1 amide bonds. The van der Waals surface area contributed by atoms with E-state index in [1.165, 1.54) is 19.3 Å². The second-order valence-corrected chi connectivity index (χ2v) is 6.74. The fraction of sp³-hybridized carbons (Fsp3) is 0.400. The topological polar surface area (TPSA) is 42.4 Å². The SMILES string of the molecule is O=C1c2cc(OCc3ccccc3)cnc2CCN1CC1CCC1. The van der Waals surface area contributed by atoms with Gasteiger partial charge in [-0.05, 0) is 30.4 Å². The summed E-state index contributed by atoms with van der Waals surface area (Å²) in [6, 6.07) is 11.9. The van der Waals surface area contributed by atoms with Gasteiger partial charge in [-0.3, -0.25) is 9.78 Å². The summed E-state index contributed by atoms with van der Waals surface area (Å²) in [5.41, 5.74) is 2.72. The predicted octanol–water partition coefficient (Wildman–Crippen LogP) is 3.46. The van der Waals surface area contributed by atoms with Crippen LogP contribution in [0.15, 0.2) is 42.6 Å². The Labute approximate surface area is 142 Å². The Hall–Kier alpha value is -2.36.